The molecule has 0 unspecified atom stereocenters. The molecule has 1 heterocycles. The minimum absolute atomic E-state index is 0.288. The summed E-state index contributed by atoms with van der Waals surface area (Å²) in [5, 5.41) is 2.79. The van der Waals surface area contributed by atoms with E-state index in [2.05, 4.69) is 10.3 Å². The van der Waals surface area contributed by atoms with Crippen molar-refractivity contribution in [3.8, 4) is 17.2 Å². The van der Waals surface area contributed by atoms with E-state index in [0.29, 0.717) is 29.4 Å². The molecule has 0 spiro atoms. The number of nitrogens with one attached hydrogen (secondary N) is 1. The van der Waals surface area contributed by atoms with Gasteiger partial charge in [-0.25, -0.2) is 4.98 Å². The molecular weight excluding hydrogens is 398 g/mol. The molecule has 0 saturated carbocycles. The first kappa shape index (κ1) is 21.6. The second-order valence-electron chi connectivity index (χ2n) is 6.64. The van der Waals surface area contributed by atoms with Crippen molar-refractivity contribution >= 4 is 23.6 Å². The maximum atomic E-state index is 12.3. The maximum Gasteiger partial charge on any atom is 0.308 e. The van der Waals surface area contributed by atoms with Crippen LogP contribution in [0.1, 0.15) is 18.2 Å². The molecule has 0 bridgehead atoms. The van der Waals surface area contributed by atoms with Crippen molar-refractivity contribution in [1.29, 1.82) is 0 Å². The number of imidazole rings is 1. The topological polar surface area (TPSA) is 91.7 Å². The Morgan fingerprint density at radius 3 is 2.71 bits per heavy atom. The van der Waals surface area contributed by atoms with Crippen LogP contribution in [0.15, 0.2) is 61.1 Å². The molecule has 3 rings (SSSR count). The number of benzene rings is 2. The molecule has 0 radical (unpaired) electrons. The van der Waals surface area contributed by atoms with E-state index in [0.717, 1.165) is 5.69 Å². The van der Waals surface area contributed by atoms with Gasteiger partial charge in [0, 0.05) is 31.8 Å². The van der Waals surface area contributed by atoms with Gasteiger partial charge in [-0.3, -0.25) is 9.59 Å². The number of ether oxygens (including phenoxy) is 3. The largest absolute Gasteiger partial charge is 0.493 e. The number of amides is 1. The molecule has 1 amide bonds. The average Bonchev–Trinajstić information content (AvgIpc) is 3.15. The van der Waals surface area contributed by atoms with E-state index in [1.54, 1.807) is 55.0 Å². The Morgan fingerprint density at radius 2 is 2.00 bits per heavy atom. The lowest BCUT2D eigenvalue weighted by molar-refractivity contribution is -0.132. The molecule has 31 heavy (non-hydrogen) atoms. The number of carbonyl (C=O) groups is 2. The normalized spacial score (nSPS) is 10.7. The summed E-state index contributed by atoms with van der Waals surface area (Å²) in [7, 11) is 3.38. The fourth-order valence-corrected chi connectivity index (χ4v) is 2.73. The molecular formula is C23H23N3O5. The Bertz CT molecular complexity index is 1100. The number of aryl methyl sites for hydroxylation is 1. The molecule has 2 aromatic carbocycles. The van der Waals surface area contributed by atoms with Crippen LogP contribution in [0.5, 0.6) is 17.2 Å². The van der Waals surface area contributed by atoms with Gasteiger partial charge in [0.15, 0.2) is 11.5 Å². The zero-order valence-corrected chi connectivity index (χ0v) is 17.5. The minimum Gasteiger partial charge on any atom is -0.493 e. The summed E-state index contributed by atoms with van der Waals surface area (Å²) in [6, 6.07) is 12.2. The Balaban J connectivity index is 1.62. The third kappa shape index (κ3) is 6.20. The van der Waals surface area contributed by atoms with Gasteiger partial charge >= 0.3 is 5.97 Å². The van der Waals surface area contributed by atoms with Gasteiger partial charge in [-0.1, -0.05) is 12.1 Å². The number of hydrogen-bond acceptors (Lipinski definition) is 6. The van der Waals surface area contributed by atoms with Crippen molar-refractivity contribution in [2.45, 2.75) is 13.5 Å². The Morgan fingerprint density at radius 1 is 1.16 bits per heavy atom. The van der Waals surface area contributed by atoms with E-state index in [1.807, 2.05) is 17.7 Å². The second-order valence-corrected chi connectivity index (χ2v) is 6.64. The predicted molar refractivity (Wildman–Crippen MR) is 116 cm³/mol. The van der Waals surface area contributed by atoms with Crippen molar-refractivity contribution in [1.82, 2.24) is 9.55 Å². The lowest BCUT2D eigenvalue weighted by Crippen LogP contribution is -2.08. The van der Waals surface area contributed by atoms with Crippen LogP contribution in [-0.2, 0) is 23.2 Å². The zero-order chi connectivity index (χ0) is 22.2. The molecule has 8 heteroatoms. The highest BCUT2D eigenvalue weighted by Crippen LogP contribution is 2.28. The molecule has 0 atom stereocenters. The molecule has 0 saturated heterocycles. The first-order valence-corrected chi connectivity index (χ1v) is 9.48. The highest BCUT2D eigenvalue weighted by atomic mass is 16.6. The first-order valence-electron chi connectivity index (χ1n) is 9.48. The number of anilines is 1. The molecule has 8 nitrogen and oxygen atoms in total. The van der Waals surface area contributed by atoms with Crippen LogP contribution in [0.25, 0.3) is 6.08 Å². The summed E-state index contributed by atoms with van der Waals surface area (Å²) in [4.78, 5) is 27.6. The van der Waals surface area contributed by atoms with Crippen molar-refractivity contribution < 1.29 is 23.8 Å². The molecule has 0 aliphatic rings. The predicted octanol–water partition coefficient (Wildman–Crippen LogP) is 3.58. The van der Waals surface area contributed by atoms with Gasteiger partial charge in [0.05, 0.1) is 25.3 Å². The van der Waals surface area contributed by atoms with E-state index in [1.165, 1.54) is 20.1 Å². The number of methoxy groups -OCH3 is 1. The fraction of sp³-hybridized carbons (Fsp3) is 0.174. The second kappa shape index (κ2) is 10.1. The summed E-state index contributed by atoms with van der Waals surface area (Å²) in [6.45, 7) is 1.68. The SMILES string of the molecule is COc1ccc(C=CC(=O)Nc2cccc(OCc3cncn3C)c2)cc1OC(C)=O. The van der Waals surface area contributed by atoms with Crippen LogP contribution in [0.4, 0.5) is 5.69 Å². The van der Waals surface area contributed by atoms with Gasteiger partial charge < -0.3 is 24.1 Å². The monoisotopic (exact) mass is 421 g/mol. The van der Waals surface area contributed by atoms with Crippen LogP contribution < -0.4 is 19.5 Å². The third-order valence-electron chi connectivity index (χ3n) is 4.27. The summed E-state index contributed by atoms with van der Waals surface area (Å²) >= 11 is 0. The molecule has 3 aromatic rings. The van der Waals surface area contributed by atoms with E-state index in [9.17, 15) is 9.59 Å². The van der Waals surface area contributed by atoms with Gasteiger partial charge in [-0.2, -0.15) is 0 Å². The van der Waals surface area contributed by atoms with E-state index in [-0.39, 0.29) is 11.7 Å². The number of hydrogen-bond donors (Lipinski definition) is 1. The average molecular weight is 421 g/mol. The van der Waals surface area contributed by atoms with Crippen molar-refractivity contribution in [3.63, 3.8) is 0 Å². The Hall–Kier alpha value is -4.07. The van der Waals surface area contributed by atoms with Crippen molar-refractivity contribution in [2.75, 3.05) is 12.4 Å². The highest BCUT2D eigenvalue weighted by Gasteiger charge is 2.08. The minimum atomic E-state index is -0.456. The summed E-state index contributed by atoms with van der Waals surface area (Å²) < 4.78 is 17.9. The fourth-order valence-electron chi connectivity index (χ4n) is 2.73. The van der Waals surface area contributed by atoms with Crippen LogP contribution in [0.3, 0.4) is 0 Å². The number of esters is 1. The van der Waals surface area contributed by atoms with E-state index in [4.69, 9.17) is 14.2 Å². The Kier molecular flexibility index (Phi) is 7.05. The van der Waals surface area contributed by atoms with Crippen LogP contribution in [-0.4, -0.2) is 28.5 Å². The lowest BCUT2D eigenvalue weighted by atomic mass is 10.2. The number of carbonyl (C=O) groups excluding carboxylic acids is 2. The Labute approximate surface area is 180 Å². The molecule has 0 aliphatic carbocycles. The van der Waals surface area contributed by atoms with E-state index >= 15 is 0 Å². The maximum absolute atomic E-state index is 12.3. The van der Waals surface area contributed by atoms with Gasteiger partial charge in [0.1, 0.15) is 12.4 Å². The summed E-state index contributed by atoms with van der Waals surface area (Å²) in [6.07, 6.45) is 6.45. The number of nitrogens with zero attached hydrogens (tertiary/aromatic N) is 2. The van der Waals surface area contributed by atoms with Crippen LogP contribution in [0, 0.1) is 0 Å². The summed E-state index contributed by atoms with van der Waals surface area (Å²) in [5.41, 5.74) is 2.22. The molecule has 0 aliphatic heterocycles. The smallest absolute Gasteiger partial charge is 0.308 e. The van der Waals surface area contributed by atoms with Gasteiger partial charge in [-0.05, 0) is 35.9 Å². The van der Waals surface area contributed by atoms with Crippen LogP contribution >= 0.6 is 0 Å². The number of rotatable bonds is 8. The standard InChI is InChI=1S/C23H23N3O5/c1-16(27)31-22-11-17(7-9-21(22)29-3)8-10-23(28)25-18-5-4-6-20(12-18)30-14-19-13-24-15-26(19)2/h4-13,15H,14H2,1-3H3,(H,25,28). The molecule has 1 N–H and O–H groups in total. The number of aromatic nitrogens is 2. The van der Waals surface area contributed by atoms with Crippen molar-refractivity contribution in [3.05, 3.63) is 72.3 Å². The van der Waals surface area contributed by atoms with E-state index < -0.39 is 5.97 Å². The van der Waals surface area contributed by atoms with Gasteiger partial charge in [-0.15, -0.1) is 0 Å². The van der Waals surface area contributed by atoms with Crippen molar-refractivity contribution in [2.24, 2.45) is 7.05 Å². The first-order chi connectivity index (χ1) is 14.9. The lowest BCUT2D eigenvalue weighted by Gasteiger charge is -2.09. The van der Waals surface area contributed by atoms with Gasteiger partial charge in [0.2, 0.25) is 5.91 Å². The quantitative estimate of drug-likeness (QED) is 0.340. The third-order valence-corrected chi connectivity index (χ3v) is 4.27. The molecule has 160 valence electrons. The molecule has 1 aromatic heterocycles. The summed E-state index contributed by atoms with van der Waals surface area (Å²) in [5.74, 6) is 0.580. The molecule has 0 fully saturated rings. The van der Waals surface area contributed by atoms with Gasteiger partial charge in [0.25, 0.3) is 0 Å². The zero-order valence-electron chi connectivity index (χ0n) is 17.5. The highest BCUT2D eigenvalue weighted by molar-refractivity contribution is 6.02. The van der Waals surface area contributed by atoms with Crippen LogP contribution in [0.2, 0.25) is 0 Å².